The largest absolute Gasteiger partial charge is 0.468 e. The van der Waals surface area contributed by atoms with Gasteiger partial charge in [0.2, 0.25) is 5.91 Å². The summed E-state index contributed by atoms with van der Waals surface area (Å²) in [5, 5.41) is 0. The first-order valence-electron chi connectivity index (χ1n) is 6.24. The Morgan fingerprint density at radius 3 is 2.78 bits per heavy atom. The molecule has 1 amide bonds. The van der Waals surface area contributed by atoms with Crippen LogP contribution in [0.2, 0.25) is 0 Å². The zero-order valence-corrected chi connectivity index (χ0v) is 11.2. The summed E-state index contributed by atoms with van der Waals surface area (Å²) in [6, 6.07) is 3.71. The second-order valence-electron chi connectivity index (χ2n) is 5.25. The summed E-state index contributed by atoms with van der Waals surface area (Å²) in [6.45, 7) is 5.85. The Balaban J connectivity index is 2.29. The van der Waals surface area contributed by atoms with Crippen LogP contribution in [0.15, 0.2) is 22.8 Å². The molecule has 100 valence electrons. The maximum absolute atomic E-state index is 12.3. The fourth-order valence-corrected chi connectivity index (χ4v) is 2.65. The highest BCUT2D eigenvalue weighted by Gasteiger charge is 2.44. The number of furan rings is 1. The highest BCUT2D eigenvalue weighted by Crippen LogP contribution is 2.31. The number of hydrogen-bond donors (Lipinski definition) is 1. The number of nitrogens with two attached hydrogens (primary N) is 1. The van der Waals surface area contributed by atoms with E-state index < -0.39 is 5.54 Å². The van der Waals surface area contributed by atoms with E-state index in [1.807, 2.05) is 33.0 Å². The first-order chi connectivity index (χ1) is 8.48. The summed E-state index contributed by atoms with van der Waals surface area (Å²) >= 11 is 0. The molecule has 1 aromatic heterocycles. The van der Waals surface area contributed by atoms with Crippen LogP contribution in [-0.4, -0.2) is 47.9 Å². The van der Waals surface area contributed by atoms with Crippen molar-refractivity contribution in [2.45, 2.75) is 25.4 Å². The monoisotopic (exact) mass is 251 g/mol. The maximum atomic E-state index is 12.3. The van der Waals surface area contributed by atoms with Crippen molar-refractivity contribution in [3.8, 4) is 0 Å². The lowest BCUT2D eigenvalue weighted by Crippen LogP contribution is -2.63. The predicted molar refractivity (Wildman–Crippen MR) is 68.9 cm³/mol. The lowest BCUT2D eigenvalue weighted by Gasteiger charge is -2.47. The summed E-state index contributed by atoms with van der Waals surface area (Å²) < 4.78 is 5.45. The third kappa shape index (κ3) is 2.04. The van der Waals surface area contributed by atoms with Crippen LogP contribution in [-0.2, 0) is 4.79 Å². The maximum Gasteiger partial charge on any atom is 0.242 e. The zero-order chi connectivity index (χ0) is 13.3. The van der Waals surface area contributed by atoms with E-state index in [1.54, 1.807) is 11.2 Å². The first-order valence-corrected chi connectivity index (χ1v) is 6.24. The fraction of sp³-hybridized carbons (Fsp3) is 0.615. The molecule has 0 spiro atoms. The van der Waals surface area contributed by atoms with Gasteiger partial charge in [-0.1, -0.05) is 0 Å². The SMILES string of the molecule is CN1CCN(C(CN)c2ccco2)C(C)(C)C1=O. The van der Waals surface area contributed by atoms with Crippen molar-refractivity contribution >= 4 is 5.91 Å². The number of rotatable bonds is 3. The normalized spacial score (nSPS) is 22.2. The van der Waals surface area contributed by atoms with Crippen LogP contribution in [0, 0.1) is 0 Å². The molecule has 18 heavy (non-hydrogen) atoms. The van der Waals surface area contributed by atoms with E-state index in [0.717, 1.165) is 18.8 Å². The number of likely N-dealkylation sites (N-methyl/N-ethyl adjacent to an activating group) is 1. The van der Waals surface area contributed by atoms with Crippen molar-refractivity contribution in [2.24, 2.45) is 5.73 Å². The summed E-state index contributed by atoms with van der Waals surface area (Å²) in [5.74, 6) is 0.946. The number of amides is 1. The fourth-order valence-electron chi connectivity index (χ4n) is 2.65. The second kappa shape index (κ2) is 4.74. The molecule has 2 rings (SSSR count). The van der Waals surface area contributed by atoms with E-state index in [1.165, 1.54) is 0 Å². The number of hydrogen-bond acceptors (Lipinski definition) is 4. The molecule has 1 aromatic rings. The van der Waals surface area contributed by atoms with Crippen LogP contribution in [0.25, 0.3) is 0 Å². The highest BCUT2D eigenvalue weighted by atomic mass is 16.3. The standard InChI is InChI=1S/C13H21N3O2/c1-13(2)12(17)15(3)6-7-16(13)10(9-14)11-5-4-8-18-11/h4-5,8,10H,6-7,9,14H2,1-3H3. The molecule has 0 radical (unpaired) electrons. The van der Waals surface area contributed by atoms with E-state index in [0.29, 0.717) is 6.54 Å². The predicted octanol–water partition coefficient (Wildman–Crippen LogP) is 0.832. The number of piperazine rings is 1. The minimum absolute atomic E-state index is 0.0485. The van der Waals surface area contributed by atoms with Crippen molar-refractivity contribution in [1.82, 2.24) is 9.80 Å². The van der Waals surface area contributed by atoms with Crippen LogP contribution >= 0.6 is 0 Å². The molecule has 1 aliphatic heterocycles. The molecule has 1 fully saturated rings. The van der Waals surface area contributed by atoms with Gasteiger partial charge in [-0.05, 0) is 26.0 Å². The van der Waals surface area contributed by atoms with Crippen molar-refractivity contribution in [1.29, 1.82) is 0 Å². The van der Waals surface area contributed by atoms with Crippen molar-refractivity contribution < 1.29 is 9.21 Å². The number of carbonyl (C=O) groups excluding carboxylic acids is 1. The smallest absolute Gasteiger partial charge is 0.242 e. The Bertz CT molecular complexity index is 414. The molecule has 2 heterocycles. The van der Waals surface area contributed by atoms with Gasteiger partial charge < -0.3 is 15.1 Å². The topological polar surface area (TPSA) is 62.7 Å². The molecular formula is C13H21N3O2. The lowest BCUT2D eigenvalue weighted by molar-refractivity contribution is -0.149. The molecule has 1 atom stereocenters. The van der Waals surface area contributed by atoms with E-state index in [4.69, 9.17) is 10.2 Å². The van der Waals surface area contributed by atoms with Gasteiger partial charge in [-0.25, -0.2) is 0 Å². The molecule has 1 aliphatic rings. The molecule has 1 unspecified atom stereocenters. The average molecular weight is 251 g/mol. The summed E-state index contributed by atoms with van der Waals surface area (Å²) in [6.07, 6.45) is 1.64. The third-order valence-electron chi connectivity index (χ3n) is 3.74. The van der Waals surface area contributed by atoms with Gasteiger partial charge in [0.15, 0.2) is 0 Å². The molecule has 5 heteroatoms. The third-order valence-corrected chi connectivity index (χ3v) is 3.74. The molecule has 0 aliphatic carbocycles. The molecule has 2 N–H and O–H groups in total. The van der Waals surface area contributed by atoms with Crippen LogP contribution in [0.5, 0.6) is 0 Å². The Morgan fingerprint density at radius 1 is 1.50 bits per heavy atom. The number of nitrogens with zero attached hydrogens (tertiary/aromatic N) is 2. The Morgan fingerprint density at radius 2 is 2.22 bits per heavy atom. The molecular weight excluding hydrogens is 230 g/mol. The van der Waals surface area contributed by atoms with Gasteiger partial charge in [-0.15, -0.1) is 0 Å². The molecule has 1 saturated heterocycles. The van der Waals surface area contributed by atoms with Gasteiger partial charge in [-0.3, -0.25) is 9.69 Å². The molecule has 0 saturated carbocycles. The van der Waals surface area contributed by atoms with Gasteiger partial charge in [-0.2, -0.15) is 0 Å². The van der Waals surface area contributed by atoms with E-state index in [-0.39, 0.29) is 11.9 Å². The highest BCUT2D eigenvalue weighted by molar-refractivity contribution is 5.86. The van der Waals surface area contributed by atoms with Crippen LogP contribution in [0.4, 0.5) is 0 Å². The van der Waals surface area contributed by atoms with Crippen molar-refractivity contribution in [3.63, 3.8) is 0 Å². The summed E-state index contributed by atoms with van der Waals surface area (Å²) in [5.41, 5.74) is 5.32. The van der Waals surface area contributed by atoms with Gasteiger partial charge in [0.1, 0.15) is 5.76 Å². The molecule has 0 aromatic carbocycles. The Kier molecular flexibility index (Phi) is 3.45. The van der Waals surface area contributed by atoms with Gasteiger partial charge >= 0.3 is 0 Å². The van der Waals surface area contributed by atoms with E-state index in [9.17, 15) is 4.79 Å². The van der Waals surface area contributed by atoms with Crippen LogP contribution in [0.3, 0.4) is 0 Å². The van der Waals surface area contributed by atoms with Gasteiger partial charge in [0.05, 0.1) is 17.8 Å². The quantitative estimate of drug-likeness (QED) is 0.864. The second-order valence-corrected chi connectivity index (χ2v) is 5.25. The summed E-state index contributed by atoms with van der Waals surface area (Å²) in [7, 11) is 1.84. The van der Waals surface area contributed by atoms with Gasteiger partial charge in [0.25, 0.3) is 0 Å². The minimum atomic E-state index is -0.552. The Hall–Kier alpha value is -1.33. The minimum Gasteiger partial charge on any atom is -0.468 e. The first kappa shape index (κ1) is 13.1. The Labute approximate surface area is 108 Å². The zero-order valence-electron chi connectivity index (χ0n) is 11.2. The number of carbonyl (C=O) groups is 1. The van der Waals surface area contributed by atoms with Crippen molar-refractivity contribution in [2.75, 3.05) is 26.7 Å². The van der Waals surface area contributed by atoms with E-state index >= 15 is 0 Å². The average Bonchev–Trinajstić information content (AvgIpc) is 2.84. The van der Waals surface area contributed by atoms with Gasteiger partial charge in [0, 0.05) is 26.7 Å². The van der Waals surface area contributed by atoms with Crippen molar-refractivity contribution in [3.05, 3.63) is 24.2 Å². The summed E-state index contributed by atoms with van der Waals surface area (Å²) in [4.78, 5) is 16.2. The van der Waals surface area contributed by atoms with Crippen LogP contribution in [0.1, 0.15) is 25.6 Å². The molecule has 0 bridgehead atoms. The van der Waals surface area contributed by atoms with E-state index in [2.05, 4.69) is 4.90 Å². The molecule has 5 nitrogen and oxygen atoms in total. The van der Waals surface area contributed by atoms with Crippen LogP contribution < -0.4 is 5.73 Å². The lowest BCUT2D eigenvalue weighted by atomic mass is 9.94.